The smallest absolute Gasteiger partial charge is 0.194 e. The Labute approximate surface area is 207 Å². The zero-order valence-electron chi connectivity index (χ0n) is 18.8. The Morgan fingerprint density at radius 3 is 2.62 bits per heavy atom. The van der Waals surface area contributed by atoms with Gasteiger partial charge in [-0.05, 0) is 50.3 Å². The number of aliphatic imine (C=N–C) groups is 1. The Hall–Kier alpha value is -1.17. The average Bonchev–Trinajstić information content (AvgIpc) is 3.33. The van der Waals surface area contributed by atoms with Gasteiger partial charge >= 0.3 is 0 Å². The molecule has 7 nitrogen and oxygen atoms in total. The first kappa shape index (κ1) is 25.5. The van der Waals surface area contributed by atoms with E-state index in [0.717, 1.165) is 50.6 Å². The van der Waals surface area contributed by atoms with Crippen LogP contribution in [0.4, 0.5) is 10.1 Å². The minimum Gasteiger partial charge on any atom is -0.393 e. The number of rotatable bonds is 5. The molecule has 0 amide bonds. The molecule has 32 heavy (non-hydrogen) atoms. The number of aliphatic hydroxyl groups excluding tert-OH is 1. The van der Waals surface area contributed by atoms with Crippen LogP contribution in [0.1, 0.15) is 38.2 Å². The fourth-order valence-electron chi connectivity index (χ4n) is 4.59. The van der Waals surface area contributed by atoms with Crippen molar-refractivity contribution in [2.24, 2.45) is 4.99 Å². The minimum absolute atomic E-state index is 0. The van der Waals surface area contributed by atoms with Crippen LogP contribution in [0, 0.1) is 5.82 Å². The first-order chi connectivity index (χ1) is 15.1. The summed E-state index contributed by atoms with van der Waals surface area (Å²) in [6.45, 7) is 7.62. The van der Waals surface area contributed by atoms with Crippen molar-refractivity contribution >= 4 is 35.6 Å². The molecule has 3 fully saturated rings. The number of morpholine rings is 1. The van der Waals surface area contributed by atoms with E-state index < -0.39 is 0 Å². The lowest BCUT2D eigenvalue weighted by molar-refractivity contribution is -0.0817. The molecule has 0 aliphatic carbocycles. The molecule has 2 unspecified atom stereocenters. The van der Waals surface area contributed by atoms with Gasteiger partial charge in [0.15, 0.2) is 5.96 Å². The first-order valence-electron chi connectivity index (χ1n) is 11.6. The van der Waals surface area contributed by atoms with Crippen LogP contribution in [0.2, 0.25) is 0 Å². The fraction of sp³-hybridized carbons (Fsp3) is 0.696. The second-order valence-corrected chi connectivity index (χ2v) is 8.58. The molecule has 0 radical (unpaired) electrons. The third-order valence-corrected chi connectivity index (χ3v) is 6.34. The van der Waals surface area contributed by atoms with Crippen molar-refractivity contribution in [3.8, 4) is 0 Å². The van der Waals surface area contributed by atoms with Crippen molar-refractivity contribution in [2.45, 2.75) is 57.5 Å². The number of halogens is 2. The van der Waals surface area contributed by atoms with Gasteiger partial charge in [-0.1, -0.05) is 6.07 Å². The zero-order chi connectivity index (χ0) is 21.6. The molecule has 3 heterocycles. The number of hydrogen-bond acceptors (Lipinski definition) is 5. The molecule has 1 aromatic carbocycles. The van der Waals surface area contributed by atoms with Crippen molar-refractivity contribution in [1.82, 2.24) is 10.2 Å². The van der Waals surface area contributed by atoms with E-state index in [-0.39, 0.29) is 48.1 Å². The molecule has 3 aliphatic heterocycles. The van der Waals surface area contributed by atoms with Gasteiger partial charge in [-0.2, -0.15) is 0 Å². The van der Waals surface area contributed by atoms with Gasteiger partial charge in [0.25, 0.3) is 0 Å². The summed E-state index contributed by atoms with van der Waals surface area (Å²) >= 11 is 0. The van der Waals surface area contributed by atoms with E-state index in [2.05, 4.69) is 17.1 Å². The highest BCUT2D eigenvalue weighted by atomic mass is 127. The number of hydrogen-bond donors (Lipinski definition) is 2. The van der Waals surface area contributed by atoms with Gasteiger partial charge in [0.1, 0.15) is 11.9 Å². The van der Waals surface area contributed by atoms with Crippen molar-refractivity contribution < 1.29 is 19.0 Å². The van der Waals surface area contributed by atoms with Gasteiger partial charge in [-0.3, -0.25) is 0 Å². The average molecular weight is 562 g/mol. The van der Waals surface area contributed by atoms with E-state index in [1.54, 1.807) is 6.07 Å². The molecule has 180 valence electrons. The van der Waals surface area contributed by atoms with E-state index in [4.69, 9.17) is 14.5 Å². The summed E-state index contributed by atoms with van der Waals surface area (Å²) < 4.78 is 26.5. The monoisotopic (exact) mass is 562 g/mol. The summed E-state index contributed by atoms with van der Waals surface area (Å²) in [5.41, 5.74) is 1.46. The molecule has 3 aliphatic rings. The van der Waals surface area contributed by atoms with E-state index in [0.29, 0.717) is 44.8 Å². The minimum atomic E-state index is -0.266. The summed E-state index contributed by atoms with van der Waals surface area (Å²) in [6, 6.07) is 5.37. The highest BCUT2D eigenvalue weighted by Crippen LogP contribution is 2.25. The molecule has 0 saturated carbocycles. The molecule has 2 N–H and O–H groups in total. The van der Waals surface area contributed by atoms with Gasteiger partial charge < -0.3 is 29.7 Å². The molecule has 2 atom stereocenters. The lowest BCUT2D eigenvalue weighted by Crippen LogP contribution is -2.53. The number of nitrogens with one attached hydrogen (secondary N) is 1. The third-order valence-electron chi connectivity index (χ3n) is 6.34. The summed E-state index contributed by atoms with van der Waals surface area (Å²) in [4.78, 5) is 9.02. The van der Waals surface area contributed by atoms with Crippen LogP contribution in [-0.2, 0) is 16.0 Å². The predicted molar refractivity (Wildman–Crippen MR) is 134 cm³/mol. The van der Waals surface area contributed by atoms with Crippen molar-refractivity contribution in [2.75, 3.05) is 50.8 Å². The van der Waals surface area contributed by atoms with Crippen LogP contribution < -0.4 is 10.2 Å². The van der Waals surface area contributed by atoms with E-state index in [1.807, 2.05) is 17.0 Å². The SMILES string of the molecule is CCNC(=NCc1ccc(N2CCC(O)CC2)c(F)c1)N1CCOC(C2CCCO2)C1.I. The maximum atomic E-state index is 14.8. The number of piperidine rings is 1. The van der Waals surface area contributed by atoms with Crippen LogP contribution in [0.3, 0.4) is 0 Å². The molecule has 0 bridgehead atoms. The molecule has 3 saturated heterocycles. The Balaban J connectivity index is 0.00000289. The zero-order valence-corrected chi connectivity index (χ0v) is 21.2. The van der Waals surface area contributed by atoms with Crippen molar-refractivity contribution in [3.63, 3.8) is 0 Å². The molecule has 9 heteroatoms. The van der Waals surface area contributed by atoms with Gasteiger partial charge in [-0.15, -0.1) is 24.0 Å². The number of aliphatic hydroxyl groups is 1. The topological polar surface area (TPSA) is 69.6 Å². The molecular formula is C23H36FIN4O3. The molecule has 1 aromatic rings. The van der Waals surface area contributed by atoms with Gasteiger partial charge in [0, 0.05) is 39.3 Å². The quantitative estimate of drug-likeness (QED) is 0.327. The van der Waals surface area contributed by atoms with Crippen molar-refractivity contribution in [3.05, 3.63) is 29.6 Å². The van der Waals surface area contributed by atoms with Crippen LogP contribution in [0.25, 0.3) is 0 Å². The number of nitrogens with zero attached hydrogens (tertiary/aromatic N) is 3. The largest absolute Gasteiger partial charge is 0.393 e. The lowest BCUT2D eigenvalue weighted by Gasteiger charge is -2.37. The Morgan fingerprint density at radius 1 is 1.16 bits per heavy atom. The number of ether oxygens (including phenoxy) is 2. The Kier molecular flexibility index (Phi) is 9.81. The number of guanidine groups is 1. The fourth-order valence-corrected chi connectivity index (χ4v) is 4.59. The second-order valence-electron chi connectivity index (χ2n) is 8.58. The Morgan fingerprint density at radius 2 is 1.94 bits per heavy atom. The summed E-state index contributed by atoms with van der Waals surface area (Å²) in [7, 11) is 0. The van der Waals surface area contributed by atoms with Crippen LogP contribution >= 0.6 is 24.0 Å². The molecule has 4 rings (SSSR count). The molecule has 0 spiro atoms. The van der Waals surface area contributed by atoms with E-state index in [1.165, 1.54) is 0 Å². The summed E-state index contributed by atoms with van der Waals surface area (Å²) in [5.74, 6) is 0.613. The molecule has 0 aromatic heterocycles. The summed E-state index contributed by atoms with van der Waals surface area (Å²) in [6.07, 6.45) is 3.49. The highest BCUT2D eigenvalue weighted by Gasteiger charge is 2.32. The van der Waals surface area contributed by atoms with E-state index >= 15 is 0 Å². The third kappa shape index (κ3) is 6.45. The van der Waals surface area contributed by atoms with Crippen molar-refractivity contribution in [1.29, 1.82) is 0 Å². The lowest BCUT2D eigenvalue weighted by atomic mass is 10.1. The van der Waals surface area contributed by atoms with E-state index in [9.17, 15) is 9.50 Å². The number of anilines is 1. The Bertz CT molecular complexity index is 755. The van der Waals surface area contributed by atoms with Crippen LogP contribution in [0.5, 0.6) is 0 Å². The normalized spacial score (nSPS) is 25.0. The van der Waals surface area contributed by atoms with Gasteiger partial charge in [0.05, 0.1) is 31.0 Å². The van der Waals surface area contributed by atoms with Gasteiger partial charge in [-0.25, -0.2) is 9.38 Å². The second kappa shape index (κ2) is 12.3. The summed E-state index contributed by atoms with van der Waals surface area (Å²) in [5, 5.41) is 13.0. The van der Waals surface area contributed by atoms with Crippen LogP contribution in [-0.4, -0.2) is 80.2 Å². The predicted octanol–water partition coefficient (Wildman–Crippen LogP) is 2.75. The highest BCUT2D eigenvalue weighted by molar-refractivity contribution is 14.0. The first-order valence-corrected chi connectivity index (χ1v) is 11.6. The maximum Gasteiger partial charge on any atom is 0.194 e. The maximum absolute atomic E-state index is 14.8. The molecular weight excluding hydrogens is 526 g/mol. The standard InChI is InChI=1S/C23H35FN4O3.HI/c1-2-25-23(28-11-13-31-22(16-28)21-4-3-12-30-21)26-15-17-5-6-20(19(24)14-17)27-9-7-18(29)8-10-27;/h5-6,14,18,21-22,29H,2-4,7-13,15-16H2,1H3,(H,25,26);1H. The van der Waals surface area contributed by atoms with Crippen LogP contribution in [0.15, 0.2) is 23.2 Å². The van der Waals surface area contributed by atoms with Gasteiger partial charge in [0.2, 0.25) is 0 Å². The number of benzene rings is 1.